The molecule has 3 aromatic heterocycles. The van der Waals surface area contributed by atoms with Gasteiger partial charge in [0.2, 0.25) is 0 Å². The van der Waals surface area contributed by atoms with E-state index in [9.17, 15) is 0 Å². The summed E-state index contributed by atoms with van der Waals surface area (Å²) in [5.74, 6) is 6.47. The third-order valence-electron chi connectivity index (χ3n) is 8.45. The maximum atomic E-state index is 8.46. The third-order valence-corrected chi connectivity index (χ3v) is 13.9. The fourth-order valence-corrected chi connectivity index (χ4v) is 9.26. The quantitative estimate of drug-likeness (QED) is 0.130. The maximum absolute atomic E-state index is 8.46. The van der Waals surface area contributed by atoms with E-state index in [1.54, 1.807) is 0 Å². The molecular weight excluding hydrogens is 829 g/mol. The number of aromatic nitrogens is 2. The summed E-state index contributed by atoms with van der Waals surface area (Å²) in [5, 5.41) is 7.38. The minimum atomic E-state index is -1.72. The number of thiophene rings is 1. The molecule has 235 valence electrons. The van der Waals surface area contributed by atoms with E-state index < -0.39 is 19.2 Å². The van der Waals surface area contributed by atoms with Crippen LogP contribution < -0.4 is 4.40 Å². The van der Waals surface area contributed by atoms with Crippen molar-refractivity contribution in [3.8, 4) is 22.5 Å². The van der Waals surface area contributed by atoms with Gasteiger partial charge in [-0.3, -0.25) is 4.98 Å². The summed E-state index contributed by atoms with van der Waals surface area (Å²) in [7, 11) is 0. The van der Waals surface area contributed by atoms with E-state index in [1.165, 1.54) is 40.7 Å². The molecule has 0 bridgehead atoms. The van der Waals surface area contributed by atoms with Crippen LogP contribution in [0.25, 0.3) is 64.2 Å². The second kappa shape index (κ2) is 13.8. The van der Waals surface area contributed by atoms with Crippen molar-refractivity contribution in [2.45, 2.75) is 37.0 Å². The van der Waals surface area contributed by atoms with Crippen molar-refractivity contribution in [3.63, 3.8) is 0 Å². The summed E-state index contributed by atoms with van der Waals surface area (Å²) in [6, 6.07) is 44.8. The van der Waals surface area contributed by atoms with E-state index >= 15 is 0 Å². The maximum Gasteiger partial charge on any atom is 0 e. The molecular formula is C42H36GeIrN2S-2. The molecule has 8 aromatic rings. The fourth-order valence-electron chi connectivity index (χ4n) is 5.84. The first-order valence-electron chi connectivity index (χ1n) is 16.2. The molecule has 0 N–H and O–H groups in total. The molecule has 2 nitrogen and oxygen atoms in total. The van der Waals surface area contributed by atoms with E-state index in [0.29, 0.717) is 0 Å². The van der Waals surface area contributed by atoms with Gasteiger partial charge in [-0.2, -0.15) is 11.3 Å². The van der Waals surface area contributed by atoms with Crippen LogP contribution in [0.1, 0.15) is 26.7 Å². The molecule has 1 radical (unpaired) electrons. The second-order valence-electron chi connectivity index (χ2n) is 12.9. The van der Waals surface area contributed by atoms with Crippen LogP contribution in [0, 0.1) is 12.1 Å². The molecule has 5 aromatic carbocycles. The normalized spacial score (nSPS) is 12.1. The Morgan fingerprint density at radius 2 is 1.51 bits per heavy atom. The first-order chi connectivity index (χ1) is 22.6. The van der Waals surface area contributed by atoms with Gasteiger partial charge in [-0.05, 0) is 50.5 Å². The van der Waals surface area contributed by atoms with Crippen molar-refractivity contribution in [2.24, 2.45) is 0 Å². The second-order valence-corrected chi connectivity index (χ2v) is 24.6. The van der Waals surface area contributed by atoms with Crippen LogP contribution in [0.4, 0.5) is 0 Å². The van der Waals surface area contributed by atoms with Gasteiger partial charge >= 0.3 is 99.8 Å². The molecule has 0 fully saturated rings. The summed E-state index contributed by atoms with van der Waals surface area (Å²) in [5.41, 5.74) is 4.93. The first-order valence-corrected chi connectivity index (χ1v) is 23.8. The van der Waals surface area contributed by atoms with Crippen molar-refractivity contribution in [1.29, 1.82) is 0 Å². The molecule has 0 aliphatic rings. The minimum Gasteiger partial charge on any atom is 0 e. The average Bonchev–Trinajstić information content (AvgIpc) is 3.45. The summed E-state index contributed by atoms with van der Waals surface area (Å²) < 4.78 is 12.4. The van der Waals surface area contributed by atoms with Crippen LogP contribution in [-0.2, 0) is 20.1 Å². The molecule has 47 heavy (non-hydrogen) atoms. The number of hydrogen-bond acceptors (Lipinski definition) is 3. The Labute approximate surface area is 299 Å². The van der Waals surface area contributed by atoms with Crippen LogP contribution in [0.3, 0.4) is 0 Å². The molecule has 3 heterocycles. The van der Waals surface area contributed by atoms with Gasteiger partial charge in [-0.15, -0.1) is 17.5 Å². The van der Waals surface area contributed by atoms with Gasteiger partial charge in [-0.25, -0.2) is 0 Å². The fraction of sp³-hybridized carbons (Fsp3) is 0.143. The van der Waals surface area contributed by atoms with Crippen LogP contribution >= 0.6 is 11.3 Å². The van der Waals surface area contributed by atoms with Gasteiger partial charge in [0.15, 0.2) is 0 Å². The number of fused-ring (bicyclic) bond motifs is 6. The zero-order valence-corrected chi connectivity index (χ0v) is 32.5. The average molecular weight is 867 g/mol. The van der Waals surface area contributed by atoms with Gasteiger partial charge < -0.3 is 0 Å². The minimum absolute atomic E-state index is 0. The monoisotopic (exact) mass is 868 g/mol. The van der Waals surface area contributed by atoms with E-state index in [0.717, 1.165) is 33.5 Å². The Hall–Kier alpha value is -3.67. The summed E-state index contributed by atoms with van der Waals surface area (Å²) >= 11 is 0.0921. The van der Waals surface area contributed by atoms with Crippen molar-refractivity contribution in [3.05, 3.63) is 139 Å². The molecule has 0 atom stereocenters. The molecule has 5 heteroatoms. The predicted octanol–water partition coefficient (Wildman–Crippen LogP) is 11.4. The van der Waals surface area contributed by atoms with Gasteiger partial charge in [0.25, 0.3) is 0 Å². The van der Waals surface area contributed by atoms with Gasteiger partial charge in [0.05, 0.1) is 0 Å². The number of rotatable bonds is 4. The first kappa shape index (κ1) is 31.9. The number of hydrogen-bond donors (Lipinski definition) is 0. The van der Waals surface area contributed by atoms with Crippen molar-refractivity contribution < 1.29 is 21.5 Å². The molecule has 0 saturated carbocycles. The molecule has 0 aliphatic carbocycles. The van der Waals surface area contributed by atoms with Gasteiger partial charge in [0, 0.05) is 38.1 Å². The van der Waals surface area contributed by atoms with E-state index in [1.807, 2.05) is 74.0 Å². The van der Waals surface area contributed by atoms with Crippen LogP contribution in [0.5, 0.6) is 0 Å². The summed E-state index contributed by atoms with van der Waals surface area (Å²) in [6.07, 6.45) is 3.85. The number of nitrogens with zero attached hydrogens (tertiary/aromatic N) is 2. The zero-order chi connectivity index (χ0) is 32.8. The van der Waals surface area contributed by atoms with Crippen LogP contribution in [-0.4, -0.2) is 23.2 Å². The SMILES string of the molecule is [2H]C(C)(C)c1ccnc(-c2[c-]c3ccccc3c3c2sc2cc4ccccc4cc23)c1.[CH3][Ge]([CH3])([CH3])[c]1ccc(-c2[c-]cccc2)nc1.[Ir]. The molecule has 0 aliphatic heterocycles. The molecule has 0 unspecified atom stereocenters. The third kappa shape index (κ3) is 6.84. The number of benzene rings is 5. The summed E-state index contributed by atoms with van der Waals surface area (Å²) in [4.78, 5) is 9.23. The molecule has 0 saturated heterocycles. The smallest absolute Gasteiger partial charge is 0 e. The Morgan fingerprint density at radius 3 is 2.21 bits per heavy atom. The Bertz CT molecular complexity index is 2370. The van der Waals surface area contributed by atoms with Crippen LogP contribution in [0.15, 0.2) is 122 Å². The molecule has 0 amide bonds. The van der Waals surface area contributed by atoms with Crippen LogP contribution in [0.2, 0.25) is 17.3 Å². The van der Waals surface area contributed by atoms with Gasteiger partial charge in [-0.1, -0.05) is 78.7 Å². The molecule has 0 spiro atoms. The number of pyridine rings is 2. The Kier molecular flexibility index (Phi) is 9.38. The predicted molar refractivity (Wildman–Crippen MR) is 202 cm³/mol. The van der Waals surface area contributed by atoms with E-state index in [2.05, 4.69) is 107 Å². The standard InChI is InChI=1S/C28H20NS.C14H16GeN.Ir/c1-17(2)18-11-12-29-25(15-18)23-14-21-9-5-6-10-22(21)27-24-13-19-7-3-4-8-20(19)16-26(24)30-28(23)27;1-15(2,3)13-9-10-14(16-11-13)12-7-5-4-6-8-12;/h3-13,15-17H,1-2H3;4-7,9-11H,1-3H3;/q2*-1;/i17D;;. The zero-order valence-electron chi connectivity index (χ0n) is 28.2. The van der Waals surface area contributed by atoms with Gasteiger partial charge in [0.1, 0.15) is 0 Å². The van der Waals surface area contributed by atoms with Crippen molar-refractivity contribution in [2.75, 3.05) is 0 Å². The van der Waals surface area contributed by atoms with E-state index in [4.69, 9.17) is 6.35 Å². The summed E-state index contributed by atoms with van der Waals surface area (Å²) in [6.45, 7) is 3.83. The Balaban J connectivity index is 0.000000201. The van der Waals surface area contributed by atoms with Crippen molar-refractivity contribution >= 4 is 70.7 Å². The molecule has 8 rings (SSSR count). The largest absolute Gasteiger partial charge is 0 e. The topological polar surface area (TPSA) is 25.8 Å². The Morgan fingerprint density at radius 1 is 0.766 bits per heavy atom. The van der Waals surface area contributed by atoms with E-state index in [-0.39, 0.29) is 20.1 Å². The van der Waals surface area contributed by atoms with Crippen molar-refractivity contribution in [1.82, 2.24) is 9.97 Å².